The number of hydrogen-bond acceptors (Lipinski definition) is 3. The maximum Gasteiger partial charge on any atom is 0.191 e. The van der Waals surface area contributed by atoms with Gasteiger partial charge in [-0.3, -0.25) is 0 Å². The van der Waals surface area contributed by atoms with E-state index in [9.17, 15) is 0 Å². The summed E-state index contributed by atoms with van der Waals surface area (Å²) in [5, 5.41) is 11.1. The average molecular weight is 382 g/mol. The fraction of sp³-hybridized carbons (Fsp3) is 0.333. The maximum atomic E-state index is 4.73. The standard InChI is InChI=1S/C21H27N5S/c1-3-22-21(24-13-17(2)19-9-12-27-16-19)25-14-20-23-10-11-26(20)15-18-7-5-4-6-8-18/h4-12,16-17H,3,13-15H2,1-2H3,(H2,22,24,25). The molecule has 0 saturated carbocycles. The van der Waals surface area contributed by atoms with Crippen LogP contribution < -0.4 is 10.6 Å². The summed E-state index contributed by atoms with van der Waals surface area (Å²) in [5.74, 6) is 2.23. The van der Waals surface area contributed by atoms with E-state index in [1.807, 2.05) is 18.5 Å². The van der Waals surface area contributed by atoms with Crippen molar-refractivity contribution in [1.82, 2.24) is 20.2 Å². The molecule has 0 radical (unpaired) electrons. The highest BCUT2D eigenvalue weighted by Gasteiger charge is 2.08. The molecule has 3 rings (SSSR count). The molecule has 6 heteroatoms. The second-order valence-corrected chi connectivity index (χ2v) is 7.27. The van der Waals surface area contributed by atoms with Crippen LogP contribution in [0.1, 0.15) is 36.7 Å². The molecule has 0 amide bonds. The summed E-state index contributed by atoms with van der Waals surface area (Å²) in [5.41, 5.74) is 2.62. The summed E-state index contributed by atoms with van der Waals surface area (Å²) < 4.78 is 2.15. The fourth-order valence-electron chi connectivity index (χ4n) is 2.83. The molecule has 1 unspecified atom stereocenters. The zero-order chi connectivity index (χ0) is 18.9. The van der Waals surface area contributed by atoms with Crippen molar-refractivity contribution in [2.45, 2.75) is 32.9 Å². The molecule has 0 saturated heterocycles. The third kappa shape index (κ3) is 5.69. The second-order valence-electron chi connectivity index (χ2n) is 6.49. The largest absolute Gasteiger partial charge is 0.357 e. The van der Waals surface area contributed by atoms with E-state index in [1.165, 1.54) is 11.1 Å². The molecule has 2 N–H and O–H groups in total. The Hall–Kier alpha value is -2.60. The van der Waals surface area contributed by atoms with Crippen LogP contribution in [0.3, 0.4) is 0 Å². The van der Waals surface area contributed by atoms with E-state index in [1.54, 1.807) is 11.3 Å². The van der Waals surface area contributed by atoms with Gasteiger partial charge in [-0.15, -0.1) is 0 Å². The van der Waals surface area contributed by atoms with E-state index < -0.39 is 0 Å². The van der Waals surface area contributed by atoms with Crippen molar-refractivity contribution < 1.29 is 0 Å². The lowest BCUT2D eigenvalue weighted by atomic mass is 10.1. The molecule has 0 spiro atoms. The number of thiophene rings is 1. The molecule has 27 heavy (non-hydrogen) atoms. The van der Waals surface area contributed by atoms with E-state index in [0.717, 1.165) is 31.4 Å². The lowest BCUT2D eigenvalue weighted by molar-refractivity contribution is 0.691. The number of aliphatic imine (C=N–C) groups is 1. The summed E-state index contributed by atoms with van der Waals surface area (Å²) in [7, 11) is 0. The van der Waals surface area contributed by atoms with Crippen molar-refractivity contribution >= 4 is 17.3 Å². The first-order valence-corrected chi connectivity index (χ1v) is 10.3. The quantitative estimate of drug-likeness (QED) is 0.460. The number of benzene rings is 1. The minimum Gasteiger partial charge on any atom is -0.357 e. The predicted octanol–water partition coefficient (Wildman–Crippen LogP) is 3.85. The Balaban J connectivity index is 1.61. The number of nitrogens with zero attached hydrogens (tertiary/aromatic N) is 3. The molecule has 1 atom stereocenters. The van der Waals surface area contributed by atoms with Crippen LogP contribution in [0, 0.1) is 0 Å². The van der Waals surface area contributed by atoms with Crippen molar-refractivity contribution in [3.63, 3.8) is 0 Å². The van der Waals surface area contributed by atoms with Gasteiger partial charge in [0.15, 0.2) is 5.96 Å². The molecule has 0 aliphatic heterocycles. The van der Waals surface area contributed by atoms with Gasteiger partial charge in [0.25, 0.3) is 0 Å². The van der Waals surface area contributed by atoms with Gasteiger partial charge in [0.2, 0.25) is 0 Å². The summed E-state index contributed by atoms with van der Waals surface area (Å²) in [6.07, 6.45) is 3.85. The van der Waals surface area contributed by atoms with Gasteiger partial charge in [-0.2, -0.15) is 11.3 Å². The number of imidazole rings is 1. The normalized spacial score (nSPS) is 12.7. The Morgan fingerprint density at radius 1 is 1.22 bits per heavy atom. The number of hydrogen-bond donors (Lipinski definition) is 2. The minimum atomic E-state index is 0.445. The van der Waals surface area contributed by atoms with Crippen molar-refractivity contribution in [1.29, 1.82) is 0 Å². The average Bonchev–Trinajstić information content (AvgIpc) is 3.37. The number of rotatable bonds is 8. The van der Waals surface area contributed by atoms with Crippen molar-refractivity contribution in [3.05, 3.63) is 76.5 Å². The highest BCUT2D eigenvalue weighted by molar-refractivity contribution is 7.07. The Morgan fingerprint density at radius 3 is 2.81 bits per heavy atom. The lowest BCUT2D eigenvalue weighted by Crippen LogP contribution is -2.39. The zero-order valence-corrected chi connectivity index (χ0v) is 16.7. The molecule has 0 fully saturated rings. The van der Waals surface area contributed by atoms with Crippen molar-refractivity contribution in [3.8, 4) is 0 Å². The molecule has 0 bridgehead atoms. The Bertz CT molecular complexity index is 823. The topological polar surface area (TPSA) is 54.2 Å². The molecule has 142 valence electrons. The summed E-state index contributed by atoms with van der Waals surface area (Å²) in [4.78, 5) is 9.21. The Morgan fingerprint density at radius 2 is 2.07 bits per heavy atom. The van der Waals surface area contributed by atoms with Gasteiger partial charge in [-0.1, -0.05) is 37.3 Å². The van der Waals surface area contributed by atoms with Crippen LogP contribution in [0.15, 0.2) is 64.5 Å². The van der Waals surface area contributed by atoms with Gasteiger partial charge in [0, 0.05) is 32.0 Å². The number of aromatic nitrogens is 2. The van der Waals surface area contributed by atoms with E-state index in [2.05, 4.69) is 75.1 Å². The minimum absolute atomic E-state index is 0.445. The molecule has 2 heterocycles. The maximum absolute atomic E-state index is 4.73. The van der Waals surface area contributed by atoms with Crippen LogP contribution >= 0.6 is 11.3 Å². The fourth-order valence-corrected chi connectivity index (χ4v) is 3.61. The van der Waals surface area contributed by atoms with Crippen molar-refractivity contribution in [2.75, 3.05) is 13.1 Å². The molecule has 5 nitrogen and oxygen atoms in total. The lowest BCUT2D eigenvalue weighted by Gasteiger charge is -2.15. The molecule has 2 aromatic heterocycles. The summed E-state index contributed by atoms with van der Waals surface area (Å²) in [6, 6.07) is 12.6. The third-order valence-electron chi connectivity index (χ3n) is 4.41. The first-order chi connectivity index (χ1) is 13.3. The summed E-state index contributed by atoms with van der Waals surface area (Å²) in [6.45, 7) is 7.34. The third-order valence-corrected chi connectivity index (χ3v) is 5.11. The first kappa shape index (κ1) is 19.2. The van der Waals surface area contributed by atoms with Crippen LogP contribution in [-0.2, 0) is 13.1 Å². The van der Waals surface area contributed by atoms with Gasteiger partial charge in [0.05, 0.1) is 0 Å². The molecule has 0 aliphatic rings. The van der Waals surface area contributed by atoms with Gasteiger partial charge < -0.3 is 15.2 Å². The molecule has 0 aliphatic carbocycles. The smallest absolute Gasteiger partial charge is 0.191 e. The number of guanidine groups is 1. The monoisotopic (exact) mass is 381 g/mol. The van der Waals surface area contributed by atoms with E-state index >= 15 is 0 Å². The molecule has 3 aromatic rings. The van der Waals surface area contributed by atoms with Crippen LogP contribution in [0.2, 0.25) is 0 Å². The summed E-state index contributed by atoms with van der Waals surface area (Å²) >= 11 is 1.74. The molecule has 1 aromatic carbocycles. The number of nitrogens with one attached hydrogen (secondary N) is 2. The predicted molar refractivity (Wildman–Crippen MR) is 113 cm³/mol. The van der Waals surface area contributed by atoms with Gasteiger partial charge in [-0.25, -0.2) is 9.98 Å². The highest BCUT2D eigenvalue weighted by atomic mass is 32.1. The second kappa shape index (κ2) is 9.92. The molecular weight excluding hydrogens is 354 g/mol. The van der Waals surface area contributed by atoms with Gasteiger partial charge in [-0.05, 0) is 40.8 Å². The zero-order valence-electron chi connectivity index (χ0n) is 15.9. The van der Waals surface area contributed by atoms with Crippen LogP contribution in [0.4, 0.5) is 0 Å². The van der Waals surface area contributed by atoms with Crippen molar-refractivity contribution in [2.24, 2.45) is 4.99 Å². The highest BCUT2D eigenvalue weighted by Crippen LogP contribution is 2.17. The van der Waals surface area contributed by atoms with Gasteiger partial charge in [0.1, 0.15) is 12.4 Å². The van der Waals surface area contributed by atoms with Crippen LogP contribution in [-0.4, -0.2) is 28.6 Å². The van der Waals surface area contributed by atoms with Crippen LogP contribution in [0.5, 0.6) is 0 Å². The molecular formula is C21H27N5S. The van der Waals surface area contributed by atoms with E-state index in [4.69, 9.17) is 4.99 Å². The van der Waals surface area contributed by atoms with E-state index in [-0.39, 0.29) is 0 Å². The Labute approximate surface area is 165 Å². The first-order valence-electron chi connectivity index (χ1n) is 9.34. The van der Waals surface area contributed by atoms with Gasteiger partial charge >= 0.3 is 0 Å². The van der Waals surface area contributed by atoms with E-state index in [0.29, 0.717) is 12.5 Å². The van der Waals surface area contributed by atoms with Crippen LogP contribution in [0.25, 0.3) is 0 Å². The SMILES string of the molecule is CCNC(=NCc1nccn1Cc1ccccc1)NCC(C)c1ccsc1. The Kier molecular flexibility index (Phi) is 7.04.